The standard InChI is InChI=1S/C11H12FN3O/c1-6-3-7(4-9(12)10(6)16-2)8-5-14-15-11(8)13/h3-5H,1-2H3,(H3,13,14,15). The van der Waals surface area contributed by atoms with Crippen LogP contribution < -0.4 is 10.5 Å². The first-order valence-electron chi connectivity index (χ1n) is 4.77. The van der Waals surface area contributed by atoms with Gasteiger partial charge in [0, 0.05) is 5.56 Å². The smallest absolute Gasteiger partial charge is 0.165 e. The van der Waals surface area contributed by atoms with Crippen LogP contribution in [0.25, 0.3) is 11.1 Å². The lowest BCUT2D eigenvalue weighted by Crippen LogP contribution is -1.94. The number of nitrogen functional groups attached to an aromatic ring is 1. The van der Waals surface area contributed by atoms with Gasteiger partial charge in [0.25, 0.3) is 0 Å². The van der Waals surface area contributed by atoms with Gasteiger partial charge in [-0.05, 0) is 30.2 Å². The molecule has 4 nitrogen and oxygen atoms in total. The predicted molar refractivity (Wildman–Crippen MR) is 59.7 cm³/mol. The fourth-order valence-corrected chi connectivity index (χ4v) is 1.67. The number of hydrogen-bond acceptors (Lipinski definition) is 3. The normalized spacial score (nSPS) is 10.4. The molecule has 2 rings (SSSR count). The molecule has 0 unspecified atom stereocenters. The van der Waals surface area contributed by atoms with Gasteiger partial charge in [-0.2, -0.15) is 5.10 Å². The predicted octanol–water partition coefficient (Wildman–Crippen LogP) is 2.12. The van der Waals surface area contributed by atoms with Crippen molar-refractivity contribution in [1.29, 1.82) is 0 Å². The molecule has 0 saturated carbocycles. The second-order valence-corrected chi connectivity index (χ2v) is 3.51. The van der Waals surface area contributed by atoms with Gasteiger partial charge in [0.1, 0.15) is 5.82 Å². The van der Waals surface area contributed by atoms with Gasteiger partial charge < -0.3 is 10.5 Å². The highest BCUT2D eigenvalue weighted by atomic mass is 19.1. The fourth-order valence-electron chi connectivity index (χ4n) is 1.67. The number of halogens is 1. The van der Waals surface area contributed by atoms with Crippen LogP contribution in [-0.2, 0) is 0 Å². The summed E-state index contributed by atoms with van der Waals surface area (Å²) in [6, 6.07) is 3.19. The molecule has 1 aromatic carbocycles. The average Bonchev–Trinajstić information content (AvgIpc) is 2.64. The van der Waals surface area contributed by atoms with E-state index in [-0.39, 0.29) is 5.75 Å². The summed E-state index contributed by atoms with van der Waals surface area (Å²) in [5, 5.41) is 6.41. The molecular formula is C11H12FN3O. The van der Waals surface area contributed by atoms with Crippen LogP contribution in [0.1, 0.15) is 5.56 Å². The molecular weight excluding hydrogens is 209 g/mol. The number of hydrogen-bond donors (Lipinski definition) is 2. The Hall–Kier alpha value is -2.04. The third kappa shape index (κ3) is 1.60. The molecule has 0 saturated heterocycles. The molecule has 0 atom stereocenters. The van der Waals surface area contributed by atoms with Gasteiger partial charge >= 0.3 is 0 Å². The second kappa shape index (κ2) is 3.84. The lowest BCUT2D eigenvalue weighted by molar-refractivity contribution is 0.383. The van der Waals surface area contributed by atoms with E-state index in [2.05, 4.69) is 10.2 Å². The van der Waals surface area contributed by atoms with Gasteiger partial charge in [-0.25, -0.2) is 4.39 Å². The Bertz CT molecular complexity index is 499. The Kier molecular flexibility index (Phi) is 2.52. The van der Waals surface area contributed by atoms with Crippen LogP contribution in [-0.4, -0.2) is 17.3 Å². The number of nitrogens with zero attached hydrogens (tertiary/aromatic N) is 1. The third-order valence-corrected chi connectivity index (χ3v) is 2.41. The van der Waals surface area contributed by atoms with Gasteiger partial charge in [0.2, 0.25) is 0 Å². The van der Waals surface area contributed by atoms with Gasteiger partial charge in [-0.15, -0.1) is 0 Å². The number of aromatic amines is 1. The molecule has 0 fully saturated rings. The molecule has 3 N–H and O–H groups in total. The summed E-state index contributed by atoms with van der Waals surface area (Å²) >= 11 is 0. The molecule has 1 heterocycles. The minimum absolute atomic E-state index is 0.255. The van der Waals surface area contributed by atoms with Crippen LogP contribution in [0.4, 0.5) is 10.2 Å². The quantitative estimate of drug-likeness (QED) is 0.816. The molecule has 0 amide bonds. The van der Waals surface area contributed by atoms with Crippen LogP contribution in [0.15, 0.2) is 18.3 Å². The highest BCUT2D eigenvalue weighted by Crippen LogP contribution is 2.30. The van der Waals surface area contributed by atoms with Crippen molar-refractivity contribution in [3.8, 4) is 16.9 Å². The van der Waals surface area contributed by atoms with E-state index in [9.17, 15) is 4.39 Å². The first kappa shape index (κ1) is 10.5. The third-order valence-electron chi connectivity index (χ3n) is 2.41. The Morgan fingerprint density at radius 3 is 2.69 bits per heavy atom. The molecule has 0 aliphatic heterocycles. The van der Waals surface area contributed by atoms with Crippen molar-refractivity contribution in [2.24, 2.45) is 0 Å². The van der Waals surface area contributed by atoms with E-state index in [0.717, 1.165) is 5.56 Å². The summed E-state index contributed by atoms with van der Waals surface area (Å²) < 4.78 is 18.6. The summed E-state index contributed by atoms with van der Waals surface area (Å²) in [5.41, 5.74) is 7.76. The summed E-state index contributed by atoms with van der Waals surface area (Å²) in [6.07, 6.45) is 1.57. The molecule has 0 bridgehead atoms. The van der Waals surface area contributed by atoms with E-state index in [1.54, 1.807) is 13.1 Å². The van der Waals surface area contributed by atoms with Gasteiger partial charge in [-0.1, -0.05) is 0 Å². The summed E-state index contributed by atoms with van der Waals surface area (Å²) in [5.74, 6) is 0.271. The van der Waals surface area contributed by atoms with Crippen molar-refractivity contribution in [2.75, 3.05) is 12.8 Å². The Balaban J connectivity index is 2.57. The molecule has 1 aromatic heterocycles. The number of aromatic nitrogens is 2. The maximum absolute atomic E-state index is 13.6. The number of H-pyrrole nitrogens is 1. The molecule has 16 heavy (non-hydrogen) atoms. The molecule has 0 spiro atoms. The van der Waals surface area contributed by atoms with Gasteiger partial charge in [-0.3, -0.25) is 5.10 Å². The largest absolute Gasteiger partial charge is 0.493 e. The summed E-state index contributed by atoms with van der Waals surface area (Å²) in [6.45, 7) is 1.78. The number of aryl methyl sites for hydroxylation is 1. The number of methoxy groups -OCH3 is 1. The molecule has 84 valence electrons. The number of benzene rings is 1. The minimum atomic E-state index is -0.405. The molecule has 0 aliphatic carbocycles. The van der Waals surface area contributed by atoms with Crippen LogP contribution >= 0.6 is 0 Å². The second-order valence-electron chi connectivity index (χ2n) is 3.51. The molecule has 0 aliphatic rings. The summed E-state index contributed by atoms with van der Waals surface area (Å²) in [4.78, 5) is 0. The van der Waals surface area contributed by atoms with Gasteiger partial charge in [0.05, 0.1) is 13.3 Å². The van der Waals surface area contributed by atoms with Crippen LogP contribution in [0.2, 0.25) is 0 Å². The monoisotopic (exact) mass is 221 g/mol. The SMILES string of the molecule is COc1c(C)cc(-c2cn[nH]c2N)cc1F. The summed E-state index contributed by atoms with van der Waals surface area (Å²) in [7, 11) is 1.44. The lowest BCUT2D eigenvalue weighted by atomic mass is 10.0. The number of rotatable bonds is 2. The number of ether oxygens (including phenoxy) is 1. The first-order valence-corrected chi connectivity index (χ1v) is 4.77. The highest BCUT2D eigenvalue weighted by Gasteiger charge is 2.12. The molecule has 2 aromatic rings. The van der Waals surface area contributed by atoms with E-state index in [1.807, 2.05) is 6.07 Å². The fraction of sp³-hybridized carbons (Fsp3) is 0.182. The van der Waals surface area contributed by atoms with Crippen molar-refractivity contribution < 1.29 is 9.13 Å². The Morgan fingerprint density at radius 1 is 1.44 bits per heavy atom. The maximum Gasteiger partial charge on any atom is 0.165 e. The van der Waals surface area contributed by atoms with Crippen molar-refractivity contribution in [1.82, 2.24) is 10.2 Å². The topological polar surface area (TPSA) is 63.9 Å². The van der Waals surface area contributed by atoms with Crippen LogP contribution in [0.5, 0.6) is 5.75 Å². The molecule has 5 heteroatoms. The van der Waals surface area contributed by atoms with Crippen molar-refractivity contribution >= 4 is 5.82 Å². The van der Waals surface area contributed by atoms with Crippen LogP contribution in [0, 0.1) is 12.7 Å². The zero-order valence-corrected chi connectivity index (χ0v) is 9.04. The maximum atomic E-state index is 13.6. The van der Waals surface area contributed by atoms with E-state index in [1.165, 1.54) is 13.2 Å². The van der Waals surface area contributed by atoms with Crippen molar-refractivity contribution in [3.05, 3.63) is 29.7 Å². The Morgan fingerprint density at radius 2 is 2.19 bits per heavy atom. The number of anilines is 1. The average molecular weight is 221 g/mol. The van der Waals surface area contributed by atoms with E-state index >= 15 is 0 Å². The lowest BCUT2D eigenvalue weighted by Gasteiger charge is -2.08. The van der Waals surface area contributed by atoms with Crippen molar-refractivity contribution in [2.45, 2.75) is 6.92 Å². The molecule has 0 radical (unpaired) electrons. The first-order chi connectivity index (χ1) is 7.63. The van der Waals surface area contributed by atoms with E-state index < -0.39 is 5.82 Å². The van der Waals surface area contributed by atoms with E-state index in [4.69, 9.17) is 10.5 Å². The highest BCUT2D eigenvalue weighted by molar-refractivity contribution is 5.74. The zero-order valence-electron chi connectivity index (χ0n) is 9.04. The van der Waals surface area contributed by atoms with Gasteiger partial charge in [0.15, 0.2) is 11.6 Å². The van der Waals surface area contributed by atoms with Crippen molar-refractivity contribution in [3.63, 3.8) is 0 Å². The van der Waals surface area contributed by atoms with Crippen LogP contribution in [0.3, 0.4) is 0 Å². The number of nitrogens with one attached hydrogen (secondary N) is 1. The minimum Gasteiger partial charge on any atom is -0.493 e. The number of nitrogens with two attached hydrogens (primary N) is 1. The Labute approximate surface area is 92.2 Å². The zero-order chi connectivity index (χ0) is 11.7. The van der Waals surface area contributed by atoms with E-state index in [0.29, 0.717) is 16.9 Å².